The molecule has 1 fully saturated rings. The summed E-state index contributed by atoms with van der Waals surface area (Å²) >= 11 is 0. The average Bonchev–Trinajstić information content (AvgIpc) is 2.73. The molecule has 0 unspecified atom stereocenters. The Bertz CT molecular complexity index is 766. The molecule has 0 radical (unpaired) electrons. The van der Waals surface area contributed by atoms with Crippen LogP contribution in [0.5, 0.6) is 0 Å². The summed E-state index contributed by atoms with van der Waals surface area (Å²) in [5.74, 6) is 0.573. The van der Waals surface area contributed by atoms with E-state index in [0.29, 0.717) is 5.92 Å². The number of nitrogens with one attached hydrogen (secondary N) is 1. The highest BCUT2D eigenvalue weighted by molar-refractivity contribution is 5.94. The molecule has 2 aliphatic rings. The molecule has 0 aliphatic carbocycles. The zero-order chi connectivity index (χ0) is 18.5. The monoisotopic (exact) mass is 364 g/mol. The van der Waals surface area contributed by atoms with Crippen LogP contribution in [0, 0.1) is 5.92 Å². The van der Waals surface area contributed by atoms with Crippen LogP contribution >= 0.6 is 0 Å². The number of carbonyl (C=O) groups excluding carboxylic acids is 1. The van der Waals surface area contributed by atoms with Gasteiger partial charge in [0, 0.05) is 45.0 Å². The van der Waals surface area contributed by atoms with Gasteiger partial charge in [0.25, 0.3) is 5.91 Å². The summed E-state index contributed by atoms with van der Waals surface area (Å²) in [5.41, 5.74) is 4.92. The molecule has 0 spiro atoms. The van der Waals surface area contributed by atoms with Crippen LogP contribution in [0.1, 0.15) is 39.9 Å². The SMILES string of the molecule is O=C(NCC1CCOCC1)c1ccc(CN2CCc3ccccc3C2)cc1. The van der Waals surface area contributed by atoms with Crippen molar-refractivity contribution in [2.75, 3.05) is 26.3 Å². The van der Waals surface area contributed by atoms with E-state index in [9.17, 15) is 4.79 Å². The van der Waals surface area contributed by atoms with Crippen molar-refractivity contribution >= 4 is 5.91 Å². The molecule has 0 aromatic heterocycles. The quantitative estimate of drug-likeness (QED) is 0.884. The minimum atomic E-state index is 0.0277. The Labute approximate surface area is 161 Å². The number of hydrogen-bond acceptors (Lipinski definition) is 3. The molecule has 0 bridgehead atoms. The van der Waals surface area contributed by atoms with Crippen molar-refractivity contribution in [1.82, 2.24) is 10.2 Å². The molecule has 2 aromatic rings. The van der Waals surface area contributed by atoms with Crippen LogP contribution in [-0.2, 0) is 24.2 Å². The molecule has 142 valence electrons. The van der Waals surface area contributed by atoms with Gasteiger partial charge in [-0.25, -0.2) is 0 Å². The van der Waals surface area contributed by atoms with Crippen LogP contribution in [0.4, 0.5) is 0 Å². The number of amides is 1. The highest BCUT2D eigenvalue weighted by atomic mass is 16.5. The van der Waals surface area contributed by atoms with E-state index in [4.69, 9.17) is 4.74 Å². The lowest BCUT2D eigenvalue weighted by Gasteiger charge is -2.28. The molecule has 0 atom stereocenters. The predicted octanol–water partition coefficient (Wildman–Crippen LogP) is 3.40. The van der Waals surface area contributed by atoms with Crippen molar-refractivity contribution in [3.8, 4) is 0 Å². The fraction of sp³-hybridized carbons (Fsp3) is 0.435. The summed E-state index contributed by atoms with van der Waals surface area (Å²) in [6.07, 6.45) is 3.19. The third-order valence-corrected chi connectivity index (χ3v) is 5.72. The lowest BCUT2D eigenvalue weighted by atomic mass is 9.99. The van der Waals surface area contributed by atoms with E-state index >= 15 is 0 Å². The van der Waals surface area contributed by atoms with Crippen molar-refractivity contribution in [1.29, 1.82) is 0 Å². The van der Waals surface area contributed by atoms with Crippen LogP contribution in [0.25, 0.3) is 0 Å². The Morgan fingerprint density at radius 3 is 2.56 bits per heavy atom. The summed E-state index contributed by atoms with van der Waals surface area (Å²) < 4.78 is 5.37. The van der Waals surface area contributed by atoms with E-state index in [1.807, 2.05) is 12.1 Å². The maximum absolute atomic E-state index is 12.4. The molecule has 27 heavy (non-hydrogen) atoms. The number of rotatable bonds is 5. The predicted molar refractivity (Wildman–Crippen MR) is 107 cm³/mol. The van der Waals surface area contributed by atoms with Gasteiger partial charge in [-0.2, -0.15) is 0 Å². The third kappa shape index (κ3) is 4.76. The molecular formula is C23H28N2O2. The minimum Gasteiger partial charge on any atom is -0.381 e. The minimum absolute atomic E-state index is 0.0277. The van der Waals surface area contributed by atoms with E-state index in [-0.39, 0.29) is 5.91 Å². The summed E-state index contributed by atoms with van der Waals surface area (Å²) in [7, 11) is 0. The fourth-order valence-electron chi connectivity index (χ4n) is 4.00. The average molecular weight is 364 g/mol. The zero-order valence-corrected chi connectivity index (χ0v) is 15.8. The molecule has 1 amide bonds. The van der Waals surface area contributed by atoms with Crippen LogP contribution in [0.2, 0.25) is 0 Å². The van der Waals surface area contributed by atoms with Gasteiger partial charge >= 0.3 is 0 Å². The highest BCUT2D eigenvalue weighted by Crippen LogP contribution is 2.20. The maximum Gasteiger partial charge on any atom is 0.251 e. The lowest BCUT2D eigenvalue weighted by molar-refractivity contribution is 0.0642. The van der Waals surface area contributed by atoms with Gasteiger partial charge in [0.2, 0.25) is 0 Å². The van der Waals surface area contributed by atoms with Gasteiger partial charge in [-0.1, -0.05) is 36.4 Å². The Balaban J connectivity index is 1.29. The number of fused-ring (bicyclic) bond motifs is 1. The normalized spacial score (nSPS) is 18.1. The van der Waals surface area contributed by atoms with Gasteiger partial charge < -0.3 is 10.1 Å². The molecule has 4 heteroatoms. The largest absolute Gasteiger partial charge is 0.381 e. The van der Waals surface area contributed by atoms with Gasteiger partial charge in [-0.05, 0) is 54.0 Å². The van der Waals surface area contributed by atoms with Crippen molar-refractivity contribution < 1.29 is 9.53 Å². The van der Waals surface area contributed by atoms with Crippen LogP contribution in [0.3, 0.4) is 0 Å². The molecule has 4 nitrogen and oxygen atoms in total. The first-order valence-electron chi connectivity index (χ1n) is 10.0. The fourth-order valence-corrected chi connectivity index (χ4v) is 4.00. The zero-order valence-electron chi connectivity index (χ0n) is 15.8. The Hall–Kier alpha value is -2.17. The van der Waals surface area contributed by atoms with Crippen molar-refractivity contribution in [2.24, 2.45) is 5.92 Å². The van der Waals surface area contributed by atoms with Crippen LogP contribution in [-0.4, -0.2) is 37.1 Å². The summed E-state index contributed by atoms with van der Waals surface area (Å²) in [4.78, 5) is 14.8. The van der Waals surface area contributed by atoms with Crippen LogP contribution in [0.15, 0.2) is 48.5 Å². The molecule has 4 rings (SSSR count). The third-order valence-electron chi connectivity index (χ3n) is 5.72. The number of nitrogens with zero attached hydrogens (tertiary/aromatic N) is 1. The second kappa shape index (κ2) is 8.68. The van der Waals surface area contributed by atoms with E-state index in [2.05, 4.69) is 46.6 Å². The van der Waals surface area contributed by atoms with Gasteiger partial charge in [-0.15, -0.1) is 0 Å². The lowest BCUT2D eigenvalue weighted by Crippen LogP contribution is -2.32. The number of carbonyl (C=O) groups is 1. The molecular weight excluding hydrogens is 336 g/mol. The molecule has 2 aromatic carbocycles. The van der Waals surface area contributed by atoms with Crippen molar-refractivity contribution in [3.05, 3.63) is 70.8 Å². The Kier molecular flexibility index (Phi) is 5.85. The van der Waals surface area contributed by atoms with Gasteiger partial charge in [0.1, 0.15) is 0 Å². The van der Waals surface area contributed by atoms with E-state index < -0.39 is 0 Å². The first kappa shape index (κ1) is 18.2. The first-order valence-corrected chi connectivity index (χ1v) is 10.0. The second-order valence-corrected chi connectivity index (χ2v) is 7.69. The molecule has 1 N–H and O–H groups in total. The number of hydrogen-bond donors (Lipinski definition) is 1. The summed E-state index contributed by atoms with van der Waals surface area (Å²) in [6.45, 7) is 5.40. The Morgan fingerprint density at radius 1 is 1.04 bits per heavy atom. The summed E-state index contributed by atoms with van der Waals surface area (Å²) in [6, 6.07) is 16.8. The van der Waals surface area contributed by atoms with Gasteiger partial charge in [-0.3, -0.25) is 9.69 Å². The first-order chi connectivity index (χ1) is 13.3. The number of benzene rings is 2. The van der Waals surface area contributed by atoms with E-state index in [1.165, 1.54) is 16.7 Å². The maximum atomic E-state index is 12.4. The van der Waals surface area contributed by atoms with Gasteiger partial charge in [0.15, 0.2) is 0 Å². The van der Waals surface area contributed by atoms with Gasteiger partial charge in [0.05, 0.1) is 0 Å². The standard InChI is InChI=1S/C23H28N2O2/c26-23(24-15-18-10-13-27-14-11-18)21-7-5-19(6-8-21)16-25-12-9-20-3-1-2-4-22(20)17-25/h1-8,18H,9-17H2,(H,24,26). The molecule has 1 saturated heterocycles. The van der Waals surface area contributed by atoms with Crippen molar-refractivity contribution in [3.63, 3.8) is 0 Å². The Morgan fingerprint density at radius 2 is 1.78 bits per heavy atom. The van der Waals surface area contributed by atoms with E-state index in [1.54, 1.807) is 0 Å². The summed E-state index contributed by atoms with van der Waals surface area (Å²) in [5, 5.41) is 3.08. The van der Waals surface area contributed by atoms with Crippen molar-refractivity contribution in [2.45, 2.75) is 32.4 Å². The number of ether oxygens (including phenoxy) is 1. The molecule has 0 saturated carbocycles. The molecule has 2 heterocycles. The molecule has 2 aliphatic heterocycles. The smallest absolute Gasteiger partial charge is 0.251 e. The highest BCUT2D eigenvalue weighted by Gasteiger charge is 2.17. The van der Waals surface area contributed by atoms with Crippen LogP contribution < -0.4 is 5.32 Å². The van der Waals surface area contributed by atoms with E-state index in [0.717, 1.165) is 64.2 Å². The topological polar surface area (TPSA) is 41.6 Å². The second-order valence-electron chi connectivity index (χ2n) is 7.69.